The van der Waals surface area contributed by atoms with Gasteiger partial charge in [0.25, 0.3) is 0 Å². The number of carbonyl (C=O) groups is 3. The van der Waals surface area contributed by atoms with E-state index in [9.17, 15) is 37.5 Å². The van der Waals surface area contributed by atoms with Gasteiger partial charge in [-0.05, 0) is 24.3 Å². The van der Waals surface area contributed by atoms with Crippen molar-refractivity contribution in [1.29, 1.82) is 0 Å². The van der Waals surface area contributed by atoms with Crippen LogP contribution in [0.2, 0.25) is 0 Å². The number of nitrogens with zero attached hydrogens (tertiary/aromatic N) is 3. The standard InChI is InChI=1S/C27H22F3N3O6S2/c28-27(29,30)14-4-3-5-15(12-14)33-23(36)20-19(16-6-1-2-7-17(16)34)22-25(40-21(20)24(33)37)32(26(38)41-22)13-18(35)31-8-10-39-11-9-31/h1-7,12,19-21,34H,8-11,13H2. The number of para-hydroxylation sites is 1. The lowest BCUT2D eigenvalue weighted by molar-refractivity contribution is -0.138. The lowest BCUT2D eigenvalue weighted by Crippen LogP contribution is -2.43. The Balaban J connectivity index is 1.44. The molecule has 0 bridgehead atoms. The monoisotopic (exact) mass is 605 g/mol. The number of benzene rings is 2. The molecule has 3 aromatic rings. The van der Waals surface area contributed by atoms with Crippen molar-refractivity contribution >= 4 is 46.5 Å². The van der Waals surface area contributed by atoms with Gasteiger partial charge < -0.3 is 14.7 Å². The third-order valence-electron chi connectivity index (χ3n) is 7.41. The van der Waals surface area contributed by atoms with Crippen molar-refractivity contribution in [3.05, 3.63) is 74.2 Å². The van der Waals surface area contributed by atoms with Gasteiger partial charge in [0.1, 0.15) is 17.5 Å². The van der Waals surface area contributed by atoms with Gasteiger partial charge in [0.05, 0.1) is 35.4 Å². The summed E-state index contributed by atoms with van der Waals surface area (Å²) in [6, 6.07) is 10.2. The summed E-state index contributed by atoms with van der Waals surface area (Å²) in [5.74, 6) is -3.99. The molecule has 2 aromatic carbocycles. The summed E-state index contributed by atoms with van der Waals surface area (Å²) in [7, 11) is 0. The molecule has 1 N–H and O–H groups in total. The fourth-order valence-corrected chi connectivity index (χ4v) is 8.23. The van der Waals surface area contributed by atoms with Gasteiger partial charge >= 0.3 is 11.0 Å². The number of morpholine rings is 1. The molecule has 3 aliphatic rings. The number of phenols is 1. The highest BCUT2D eigenvalue weighted by Gasteiger charge is 2.57. The summed E-state index contributed by atoms with van der Waals surface area (Å²) in [6.07, 6.45) is -4.69. The second-order valence-electron chi connectivity index (χ2n) is 9.78. The van der Waals surface area contributed by atoms with Crippen molar-refractivity contribution in [3.8, 4) is 5.75 Å². The Morgan fingerprint density at radius 3 is 2.46 bits per heavy atom. The van der Waals surface area contributed by atoms with Crippen LogP contribution in [0.3, 0.4) is 0 Å². The maximum atomic E-state index is 13.9. The molecule has 0 spiro atoms. The number of rotatable bonds is 4. The predicted octanol–water partition coefficient (Wildman–Crippen LogP) is 3.29. The molecule has 2 saturated heterocycles. The minimum absolute atomic E-state index is 0.163. The highest BCUT2D eigenvalue weighted by atomic mass is 32.2. The van der Waals surface area contributed by atoms with E-state index in [0.717, 1.165) is 46.2 Å². The average molecular weight is 606 g/mol. The molecule has 6 rings (SSSR count). The highest BCUT2D eigenvalue weighted by molar-refractivity contribution is 8.00. The summed E-state index contributed by atoms with van der Waals surface area (Å²) in [4.78, 5) is 56.1. The second kappa shape index (κ2) is 10.3. The van der Waals surface area contributed by atoms with E-state index in [1.807, 2.05) is 0 Å². The molecular formula is C27H22F3N3O6S2. The lowest BCUT2D eigenvalue weighted by atomic mass is 9.82. The smallest absolute Gasteiger partial charge is 0.416 e. The molecule has 14 heteroatoms. The first-order valence-corrected chi connectivity index (χ1v) is 14.3. The van der Waals surface area contributed by atoms with Crippen LogP contribution < -0.4 is 9.77 Å². The Bertz CT molecular complexity index is 1610. The number of thiazole rings is 1. The van der Waals surface area contributed by atoms with E-state index in [-0.39, 0.29) is 23.9 Å². The Hall–Kier alpha value is -3.62. The Morgan fingerprint density at radius 2 is 1.76 bits per heavy atom. The summed E-state index contributed by atoms with van der Waals surface area (Å²) >= 11 is 1.77. The molecule has 3 unspecified atom stereocenters. The van der Waals surface area contributed by atoms with Crippen molar-refractivity contribution < 1.29 is 37.4 Å². The largest absolute Gasteiger partial charge is 0.508 e. The number of hydrogen-bond donors (Lipinski definition) is 1. The van der Waals surface area contributed by atoms with Gasteiger partial charge in [-0.25, -0.2) is 4.90 Å². The molecule has 0 saturated carbocycles. The topological polar surface area (TPSA) is 109 Å². The normalized spacial score (nSPS) is 22.6. The minimum Gasteiger partial charge on any atom is -0.508 e. The molecule has 0 aliphatic carbocycles. The van der Waals surface area contributed by atoms with Gasteiger partial charge in [-0.15, -0.1) is 0 Å². The van der Waals surface area contributed by atoms with Crippen LogP contribution >= 0.6 is 23.1 Å². The highest BCUT2D eigenvalue weighted by Crippen LogP contribution is 2.55. The first-order chi connectivity index (χ1) is 19.6. The minimum atomic E-state index is -4.69. The van der Waals surface area contributed by atoms with Gasteiger partial charge in [0, 0.05) is 29.4 Å². The molecule has 3 amide bonds. The lowest BCUT2D eigenvalue weighted by Gasteiger charge is -2.31. The number of amides is 3. The summed E-state index contributed by atoms with van der Waals surface area (Å²) in [5, 5.41) is 9.99. The van der Waals surface area contributed by atoms with Crippen LogP contribution in [0.5, 0.6) is 5.75 Å². The summed E-state index contributed by atoms with van der Waals surface area (Å²) in [5.41, 5.74) is -0.932. The molecule has 3 atom stereocenters. The zero-order chi connectivity index (χ0) is 29.1. The van der Waals surface area contributed by atoms with Gasteiger partial charge in [0.15, 0.2) is 0 Å². The van der Waals surface area contributed by atoms with E-state index in [2.05, 4.69) is 0 Å². The number of hydrogen-bond acceptors (Lipinski definition) is 8. The number of imide groups is 1. The number of aromatic hydroxyl groups is 1. The molecule has 3 aliphatic heterocycles. The van der Waals surface area contributed by atoms with Gasteiger partial charge in [-0.2, -0.15) is 13.2 Å². The zero-order valence-corrected chi connectivity index (χ0v) is 22.8. The number of phenolic OH excluding ortho intramolecular Hbond substituents is 1. The maximum absolute atomic E-state index is 13.9. The number of thioether (sulfide) groups is 1. The average Bonchev–Trinajstić information content (AvgIpc) is 3.39. The molecule has 2 fully saturated rings. The van der Waals surface area contributed by atoms with Crippen molar-refractivity contribution in [1.82, 2.24) is 9.47 Å². The number of alkyl halides is 3. The number of ether oxygens (including phenoxy) is 1. The van der Waals surface area contributed by atoms with E-state index in [4.69, 9.17) is 4.74 Å². The summed E-state index contributed by atoms with van der Waals surface area (Å²) in [6.45, 7) is 1.20. The number of carbonyl (C=O) groups excluding carboxylic acids is 3. The number of fused-ring (bicyclic) bond motifs is 2. The number of halogens is 3. The number of aromatic nitrogens is 1. The predicted molar refractivity (Wildman–Crippen MR) is 143 cm³/mol. The van der Waals surface area contributed by atoms with Crippen LogP contribution in [0.4, 0.5) is 18.9 Å². The molecule has 1 aromatic heterocycles. The van der Waals surface area contributed by atoms with E-state index in [1.165, 1.54) is 16.7 Å². The van der Waals surface area contributed by atoms with E-state index in [1.54, 1.807) is 23.1 Å². The fourth-order valence-electron chi connectivity index (χ4n) is 5.46. The van der Waals surface area contributed by atoms with Crippen LogP contribution in [-0.2, 0) is 31.8 Å². The molecule has 9 nitrogen and oxygen atoms in total. The van der Waals surface area contributed by atoms with Gasteiger partial charge in [-0.3, -0.25) is 23.7 Å². The Kier molecular flexibility index (Phi) is 6.94. The van der Waals surface area contributed by atoms with Crippen LogP contribution in [0.25, 0.3) is 0 Å². The van der Waals surface area contributed by atoms with E-state index in [0.29, 0.717) is 41.8 Å². The van der Waals surface area contributed by atoms with Crippen LogP contribution in [0.1, 0.15) is 21.9 Å². The Labute approximate surface area is 239 Å². The zero-order valence-electron chi connectivity index (χ0n) is 21.2. The maximum Gasteiger partial charge on any atom is 0.416 e. The first-order valence-electron chi connectivity index (χ1n) is 12.6. The van der Waals surface area contributed by atoms with Gasteiger partial charge in [-0.1, -0.05) is 47.4 Å². The SMILES string of the molecule is O=C(Cn1c2c(sc1=O)C(c1ccccc1O)C1C(=O)N(c3cccc(C(F)(F)F)c3)C(=O)C1S2)N1CCOCC1. The third-order valence-corrected chi connectivity index (χ3v) is 10.0. The molecular weight excluding hydrogens is 583 g/mol. The van der Waals surface area contributed by atoms with Crippen molar-refractivity contribution in [2.24, 2.45) is 5.92 Å². The van der Waals surface area contributed by atoms with E-state index < -0.39 is 45.5 Å². The molecule has 214 valence electrons. The van der Waals surface area contributed by atoms with Crippen molar-refractivity contribution in [2.45, 2.75) is 28.9 Å². The first kappa shape index (κ1) is 27.5. The fraction of sp³-hybridized carbons (Fsp3) is 0.333. The number of anilines is 1. The molecule has 41 heavy (non-hydrogen) atoms. The quantitative estimate of drug-likeness (QED) is 0.455. The Morgan fingerprint density at radius 1 is 1.02 bits per heavy atom. The second-order valence-corrected chi connectivity index (χ2v) is 11.9. The van der Waals surface area contributed by atoms with Crippen LogP contribution in [0.15, 0.2) is 58.4 Å². The third kappa shape index (κ3) is 4.73. The van der Waals surface area contributed by atoms with Crippen molar-refractivity contribution in [3.63, 3.8) is 0 Å². The van der Waals surface area contributed by atoms with Gasteiger partial charge in [0.2, 0.25) is 17.7 Å². The van der Waals surface area contributed by atoms with Crippen molar-refractivity contribution in [2.75, 3.05) is 31.2 Å². The molecule has 0 radical (unpaired) electrons. The van der Waals surface area contributed by atoms with Crippen LogP contribution in [-0.4, -0.2) is 63.8 Å². The summed E-state index contributed by atoms with van der Waals surface area (Å²) < 4.78 is 46.9. The van der Waals surface area contributed by atoms with E-state index >= 15 is 0 Å². The van der Waals surface area contributed by atoms with Crippen LogP contribution in [0, 0.1) is 5.92 Å². The molecule has 4 heterocycles.